The summed E-state index contributed by atoms with van der Waals surface area (Å²) in [5, 5.41) is 8.59. The monoisotopic (exact) mass is 295 g/mol. The van der Waals surface area contributed by atoms with Gasteiger partial charge in [-0.25, -0.2) is 0 Å². The van der Waals surface area contributed by atoms with Gasteiger partial charge >= 0.3 is 0 Å². The molecule has 0 radical (unpaired) electrons. The second-order valence-electron chi connectivity index (χ2n) is 6.73. The molecule has 0 atom stereocenters. The van der Waals surface area contributed by atoms with Crippen molar-refractivity contribution in [3.8, 4) is 6.07 Å². The van der Waals surface area contributed by atoms with Crippen molar-refractivity contribution >= 4 is 0 Å². The van der Waals surface area contributed by atoms with Crippen molar-refractivity contribution in [1.29, 1.82) is 5.26 Å². The largest absolute Gasteiger partial charge is 0.193 e. The van der Waals surface area contributed by atoms with Crippen molar-refractivity contribution in [1.82, 2.24) is 0 Å². The molecule has 22 heavy (non-hydrogen) atoms. The third kappa shape index (κ3) is 5.68. The Balaban J connectivity index is 1.70. The molecule has 1 aromatic rings. The molecule has 0 aliphatic heterocycles. The Morgan fingerprint density at radius 3 is 2.27 bits per heavy atom. The second-order valence-corrected chi connectivity index (χ2v) is 6.73. The highest BCUT2D eigenvalue weighted by Crippen LogP contribution is 2.32. The molecule has 0 amide bonds. The van der Waals surface area contributed by atoms with Gasteiger partial charge in [0, 0.05) is 6.08 Å². The van der Waals surface area contributed by atoms with Gasteiger partial charge in [0.05, 0.1) is 6.07 Å². The van der Waals surface area contributed by atoms with Crippen LogP contribution in [0.15, 0.2) is 36.4 Å². The normalized spacial score (nSPS) is 21.8. The average molecular weight is 295 g/mol. The Kier molecular flexibility index (Phi) is 7.23. The molecule has 1 nitrogen and oxygen atoms in total. The zero-order valence-corrected chi connectivity index (χ0v) is 13.9. The van der Waals surface area contributed by atoms with Gasteiger partial charge in [-0.1, -0.05) is 43.7 Å². The van der Waals surface area contributed by atoms with Crippen LogP contribution >= 0.6 is 0 Å². The van der Waals surface area contributed by atoms with Crippen molar-refractivity contribution in [3.63, 3.8) is 0 Å². The summed E-state index contributed by atoms with van der Waals surface area (Å²) in [4.78, 5) is 0. The van der Waals surface area contributed by atoms with Crippen LogP contribution in [0.3, 0.4) is 0 Å². The van der Waals surface area contributed by atoms with Gasteiger partial charge in [0.1, 0.15) is 0 Å². The van der Waals surface area contributed by atoms with Crippen molar-refractivity contribution < 1.29 is 0 Å². The van der Waals surface area contributed by atoms with Crippen molar-refractivity contribution in [2.75, 3.05) is 0 Å². The van der Waals surface area contributed by atoms with E-state index >= 15 is 0 Å². The Morgan fingerprint density at radius 2 is 1.68 bits per heavy atom. The van der Waals surface area contributed by atoms with Gasteiger partial charge in [0.2, 0.25) is 0 Å². The minimum absolute atomic E-state index is 0.647. The first kappa shape index (κ1) is 16.8. The third-order valence-corrected chi connectivity index (χ3v) is 5.02. The van der Waals surface area contributed by atoms with E-state index < -0.39 is 0 Å². The molecule has 1 aromatic carbocycles. The van der Waals surface area contributed by atoms with E-state index in [4.69, 9.17) is 5.26 Å². The number of allylic oxidation sites excluding steroid dienone is 2. The van der Waals surface area contributed by atoms with Crippen LogP contribution in [0.25, 0.3) is 0 Å². The Morgan fingerprint density at radius 1 is 1.05 bits per heavy atom. The van der Waals surface area contributed by atoms with Gasteiger partial charge in [0.15, 0.2) is 0 Å². The number of nitrogens with zero attached hydrogens (tertiary/aromatic N) is 1. The molecule has 2 rings (SSSR count). The molecule has 1 fully saturated rings. The fourth-order valence-corrected chi connectivity index (χ4v) is 3.47. The van der Waals surface area contributed by atoms with E-state index in [0.29, 0.717) is 5.92 Å². The summed E-state index contributed by atoms with van der Waals surface area (Å²) < 4.78 is 0. The lowest BCUT2D eigenvalue weighted by atomic mass is 9.79. The first-order valence-electron chi connectivity index (χ1n) is 8.96. The number of benzene rings is 1. The van der Waals surface area contributed by atoms with Crippen LogP contribution < -0.4 is 0 Å². The molecule has 0 spiro atoms. The zero-order valence-electron chi connectivity index (χ0n) is 13.9. The second kappa shape index (κ2) is 9.46. The summed E-state index contributed by atoms with van der Waals surface area (Å²) in [6.07, 6.45) is 15.3. The lowest BCUT2D eigenvalue weighted by Gasteiger charge is -2.26. The first-order chi connectivity index (χ1) is 10.8. The van der Waals surface area contributed by atoms with Gasteiger partial charge in [-0.05, 0) is 74.3 Å². The van der Waals surface area contributed by atoms with Crippen LogP contribution in [-0.2, 0) is 12.8 Å². The van der Waals surface area contributed by atoms with E-state index in [2.05, 4.69) is 43.3 Å². The minimum Gasteiger partial charge on any atom is -0.193 e. The van der Waals surface area contributed by atoms with Crippen LogP contribution in [0.1, 0.15) is 63.0 Å². The Labute approximate surface area is 136 Å². The number of rotatable bonds is 7. The summed E-state index contributed by atoms with van der Waals surface area (Å²) >= 11 is 0. The third-order valence-electron chi connectivity index (χ3n) is 5.02. The van der Waals surface area contributed by atoms with Crippen LogP contribution in [0.2, 0.25) is 0 Å². The molecule has 0 heterocycles. The fourth-order valence-electron chi connectivity index (χ4n) is 3.47. The SMILES string of the molecule is CCCCc1ccc(CC[C@H]2CC[C@H](/C=C/C#N)CC2)cc1. The summed E-state index contributed by atoms with van der Waals surface area (Å²) in [7, 11) is 0. The average Bonchev–Trinajstić information content (AvgIpc) is 2.58. The van der Waals surface area contributed by atoms with E-state index in [9.17, 15) is 0 Å². The highest BCUT2D eigenvalue weighted by atomic mass is 14.3. The maximum Gasteiger partial charge on any atom is 0.0908 e. The van der Waals surface area contributed by atoms with E-state index in [-0.39, 0.29) is 0 Å². The summed E-state index contributed by atoms with van der Waals surface area (Å²) in [5.41, 5.74) is 2.97. The van der Waals surface area contributed by atoms with E-state index in [1.54, 1.807) is 6.08 Å². The topological polar surface area (TPSA) is 23.8 Å². The van der Waals surface area contributed by atoms with Gasteiger partial charge in [-0.2, -0.15) is 5.26 Å². The number of unbranched alkanes of at least 4 members (excludes halogenated alkanes) is 1. The molecule has 0 aromatic heterocycles. The Bertz CT molecular complexity index is 484. The molecule has 0 saturated heterocycles. The molecule has 1 saturated carbocycles. The minimum atomic E-state index is 0.647. The molecular weight excluding hydrogens is 266 g/mol. The molecule has 0 unspecified atom stereocenters. The smallest absolute Gasteiger partial charge is 0.0908 e. The van der Waals surface area contributed by atoms with Crippen LogP contribution in [0.4, 0.5) is 0 Å². The number of nitriles is 1. The van der Waals surface area contributed by atoms with Crippen molar-refractivity contribution in [2.24, 2.45) is 11.8 Å². The molecule has 0 bridgehead atoms. The predicted octanol–water partition coefficient (Wildman–Crippen LogP) is 5.85. The summed E-state index contributed by atoms with van der Waals surface area (Å²) in [6, 6.07) is 11.4. The lowest BCUT2D eigenvalue weighted by Crippen LogP contribution is -2.13. The summed E-state index contributed by atoms with van der Waals surface area (Å²) in [5.74, 6) is 1.53. The molecule has 1 aliphatic rings. The zero-order chi connectivity index (χ0) is 15.6. The van der Waals surface area contributed by atoms with E-state index in [1.165, 1.54) is 68.9 Å². The quantitative estimate of drug-likeness (QED) is 0.579. The number of hydrogen-bond acceptors (Lipinski definition) is 1. The molecular formula is C21H29N. The van der Waals surface area contributed by atoms with Crippen LogP contribution in [0.5, 0.6) is 0 Å². The van der Waals surface area contributed by atoms with Crippen molar-refractivity contribution in [2.45, 2.75) is 64.7 Å². The van der Waals surface area contributed by atoms with Gasteiger partial charge in [0.25, 0.3) is 0 Å². The molecule has 1 aliphatic carbocycles. The van der Waals surface area contributed by atoms with Gasteiger partial charge in [-0.15, -0.1) is 0 Å². The molecule has 118 valence electrons. The number of aryl methyl sites for hydroxylation is 2. The Hall–Kier alpha value is -1.55. The first-order valence-corrected chi connectivity index (χ1v) is 8.96. The molecule has 0 N–H and O–H groups in total. The maximum atomic E-state index is 8.59. The maximum absolute atomic E-state index is 8.59. The predicted molar refractivity (Wildman–Crippen MR) is 93.6 cm³/mol. The summed E-state index contributed by atoms with van der Waals surface area (Å²) in [6.45, 7) is 2.25. The highest BCUT2D eigenvalue weighted by molar-refractivity contribution is 5.22. The number of hydrogen-bond donors (Lipinski definition) is 0. The fraction of sp³-hybridized carbons (Fsp3) is 0.571. The van der Waals surface area contributed by atoms with Gasteiger partial charge < -0.3 is 0 Å². The van der Waals surface area contributed by atoms with Crippen molar-refractivity contribution in [3.05, 3.63) is 47.5 Å². The van der Waals surface area contributed by atoms with Gasteiger partial charge in [-0.3, -0.25) is 0 Å². The highest BCUT2D eigenvalue weighted by Gasteiger charge is 2.19. The lowest BCUT2D eigenvalue weighted by molar-refractivity contribution is 0.296. The standard InChI is InChI=1S/C21H29N/c1-2-3-5-18-7-11-20(12-8-18)15-16-21-13-9-19(10-14-21)6-4-17-22/h4,6-8,11-12,19,21H,2-3,5,9-10,13-16H2,1H3/b6-4+/t19-,21-. The molecule has 1 heteroatoms. The van der Waals surface area contributed by atoms with E-state index in [1.807, 2.05) is 0 Å². The van der Waals surface area contributed by atoms with Crippen LogP contribution in [0, 0.1) is 23.2 Å². The van der Waals surface area contributed by atoms with E-state index in [0.717, 1.165) is 5.92 Å². The van der Waals surface area contributed by atoms with Crippen LogP contribution in [-0.4, -0.2) is 0 Å².